The molecule has 0 aliphatic carbocycles. The maximum atomic E-state index is 11.8. The number of allylic oxidation sites excluding steroid dienone is 2. The lowest BCUT2D eigenvalue weighted by Crippen LogP contribution is -2.32. The van der Waals surface area contributed by atoms with Crippen LogP contribution in [-0.2, 0) is 11.2 Å². The molecule has 1 atom stereocenters. The molecular formula is C19H36N6O. The zero-order valence-corrected chi connectivity index (χ0v) is 17.1. The van der Waals surface area contributed by atoms with E-state index in [4.69, 9.17) is 11.5 Å². The Kier molecular flexibility index (Phi) is 18.6. The lowest BCUT2D eigenvalue weighted by molar-refractivity contribution is -0.119. The molecule has 1 aromatic rings. The molecule has 0 fully saturated rings. The number of nitrogen functional groups attached to an aromatic ring is 2. The van der Waals surface area contributed by atoms with Gasteiger partial charge in [-0.2, -0.15) is 9.97 Å². The minimum absolute atomic E-state index is 0.0440. The summed E-state index contributed by atoms with van der Waals surface area (Å²) in [7, 11) is 1.50. The number of aromatic nitrogens is 2. The minimum Gasteiger partial charge on any atom is -0.383 e. The Labute approximate surface area is 158 Å². The van der Waals surface area contributed by atoms with Crippen molar-refractivity contribution in [3.8, 4) is 0 Å². The first-order valence-corrected chi connectivity index (χ1v) is 8.63. The number of hydrogen-bond acceptors (Lipinski definition) is 6. The molecule has 7 nitrogen and oxygen atoms in total. The molecule has 26 heavy (non-hydrogen) atoms. The number of carbonyl (C=O) groups excluding carboxylic acids is 1. The number of anilines is 3. The van der Waals surface area contributed by atoms with E-state index in [2.05, 4.69) is 40.8 Å². The molecule has 1 aromatic heterocycles. The van der Waals surface area contributed by atoms with Crippen LogP contribution in [0.2, 0.25) is 0 Å². The second-order valence-corrected chi connectivity index (χ2v) is 4.23. The largest absolute Gasteiger partial charge is 0.383 e. The van der Waals surface area contributed by atoms with E-state index in [9.17, 15) is 4.79 Å². The highest BCUT2D eigenvalue weighted by molar-refractivity contribution is 5.97. The smallest absolute Gasteiger partial charge is 0.233 e. The lowest BCUT2D eigenvalue weighted by Gasteiger charge is -2.24. The van der Waals surface area contributed by atoms with E-state index in [1.54, 1.807) is 12.2 Å². The molecule has 0 radical (unpaired) electrons. The Hall–Kier alpha value is -2.67. The molecule has 7 heteroatoms. The number of nitrogens with one attached hydrogen (secondary N) is 1. The standard InChI is InChI=1S/C11H13N5O.C3H6.2C2H6.CH5N/c1-3-5(2)6-4-7-8(12)14-11(13)16-9(7)15-10(6)17;1-3-2;3*1-2/h3,6H,1-2,4H2,(H5,12,13,14,15,16,17);3H,1H2,2H3;2*1-2H3;2H2,1H3. The van der Waals surface area contributed by atoms with Crippen LogP contribution in [0.5, 0.6) is 0 Å². The number of amides is 1. The number of carbonyl (C=O) groups is 1. The van der Waals surface area contributed by atoms with E-state index in [1.165, 1.54) is 7.05 Å². The zero-order valence-electron chi connectivity index (χ0n) is 17.1. The highest BCUT2D eigenvalue weighted by atomic mass is 16.2. The zero-order chi connectivity index (χ0) is 21.3. The van der Waals surface area contributed by atoms with Gasteiger partial charge in [-0.1, -0.05) is 53.0 Å². The third-order valence-electron chi connectivity index (χ3n) is 2.73. The molecule has 1 unspecified atom stereocenters. The van der Waals surface area contributed by atoms with Crippen LogP contribution in [0.4, 0.5) is 17.6 Å². The van der Waals surface area contributed by atoms with E-state index in [0.717, 1.165) is 0 Å². The maximum Gasteiger partial charge on any atom is 0.233 e. The Bertz CT molecular complexity index is 569. The molecule has 0 bridgehead atoms. The van der Waals surface area contributed by atoms with Gasteiger partial charge in [0.25, 0.3) is 0 Å². The van der Waals surface area contributed by atoms with Crippen molar-refractivity contribution in [2.75, 3.05) is 23.8 Å². The van der Waals surface area contributed by atoms with Gasteiger partial charge in [0.05, 0.1) is 5.92 Å². The van der Waals surface area contributed by atoms with Gasteiger partial charge in [0.2, 0.25) is 11.9 Å². The minimum atomic E-state index is -0.380. The molecule has 0 saturated carbocycles. The second kappa shape index (κ2) is 17.2. The van der Waals surface area contributed by atoms with Crippen LogP contribution in [0.15, 0.2) is 37.5 Å². The fourth-order valence-corrected chi connectivity index (χ4v) is 1.77. The van der Waals surface area contributed by atoms with Crippen LogP contribution in [0.1, 0.15) is 40.2 Å². The van der Waals surface area contributed by atoms with Gasteiger partial charge in [0.1, 0.15) is 11.6 Å². The number of fused-ring (bicyclic) bond motifs is 1. The topological polar surface area (TPSA) is 133 Å². The first kappa shape index (κ1) is 28.1. The molecule has 7 N–H and O–H groups in total. The summed E-state index contributed by atoms with van der Waals surface area (Å²) in [4.78, 5) is 19.6. The van der Waals surface area contributed by atoms with E-state index < -0.39 is 0 Å². The van der Waals surface area contributed by atoms with Crippen LogP contribution in [0, 0.1) is 5.92 Å². The number of nitrogens with two attached hydrogens (primary N) is 3. The molecule has 2 rings (SSSR count). The number of hydrogen-bond donors (Lipinski definition) is 4. The molecule has 1 aliphatic rings. The summed E-state index contributed by atoms with van der Waals surface area (Å²) in [6.45, 7) is 20.6. The Balaban J connectivity index is -0.000000509. The number of nitrogens with zero attached hydrogens (tertiary/aromatic N) is 2. The van der Waals surface area contributed by atoms with Crippen molar-refractivity contribution in [3.63, 3.8) is 0 Å². The van der Waals surface area contributed by atoms with Gasteiger partial charge in [0, 0.05) is 5.56 Å². The third kappa shape index (κ3) is 8.98. The average Bonchev–Trinajstić information content (AvgIpc) is 2.66. The summed E-state index contributed by atoms with van der Waals surface area (Å²) in [6.07, 6.45) is 3.72. The molecule has 2 heterocycles. The molecule has 0 saturated heterocycles. The van der Waals surface area contributed by atoms with Gasteiger partial charge in [-0.05, 0) is 26.0 Å². The Morgan fingerprint density at radius 2 is 1.62 bits per heavy atom. The Morgan fingerprint density at radius 1 is 1.15 bits per heavy atom. The summed E-state index contributed by atoms with van der Waals surface area (Å²) < 4.78 is 0. The monoisotopic (exact) mass is 364 g/mol. The van der Waals surface area contributed by atoms with Crippen molar-refractivity contribution in [2.45, 2.75) is 41.0 Å². The average molecular weight is 365 g/mol. The molecule has 1 amide bonds. The third-order valence-corrected chi connectivity index (χ3v) is 2.73. The van der Waals surface area contributed by atoms with Crippen molar-refractivity contribution in [2.24, 2.45) is 11.7 Å². The van der Waals surface area contributed by atoms with Gasteiger partial charge in [-0.25, -0.2) is 0 Å². The fourth-order valence-electron chi connectivity index (χ4n) is 1.77. The van der Waals surface area contributed by atoms with E-state index >= 15 is 0 Å². The molecule has 148 valence electrons. The summed E-state index contributed by atoms with van der Waals surface area (Å²) in [6, 6.07) is 0. The highest BCUT2D eigenvalue weighted by Gasteiger charge is 2.30. The van der Waals surface area contributed by atoms with E-state index in [-0.39, 0.29) is 23.6 Å². The van der Waals surface area contributed by atoms with E-state index in [1.807, 2.05) is 34.6 Å². The van der Waals surface area contributed by atoms with Crippen LogP contribution >= 0.6 is 0 Å². The van der Waals surface area contributed by atoms with Crippen molar-refractivity contribution >= 4 is 23.5 Å². The van der Waals surface area contributed by atoms with Gasteiger partial charge < -0.3 is 22.5 Å². The predicted octanol–water partition coefficient (Wildman–Crippen LogP) is 3.31. The van der Waals surface area contributed by atoms with Crippen LogP contribution in [0.3, 0.4) is 0 Å². The van der Waals surface area contributed by atoms with Crippen LogP contribution in [-0.4, -0.2) is 22.9 Å². The van der Waals surface area contributed by atoms with Crippen molar-refractivity contribution in [1.29, 1.82) is 0 Å². The van der Waals surface area contributed by atoms with E-state index in [0.29, 0.717) is 23.4 Å². The molecular weight excluding hydrogens is 328 g/mol. The van der Waals surface area contributed by atoms with Crippen molar-refractivity contribution < 1.29 is 4.79 Å². The van der Waals surface area contributed by atoms with Crippen molar-refractivity contribution in [3.05, 3.63) is 43.0 Å². The van der Waals surface area contributed by atoms with Gasteiger partial charge in [0.15, 0.2) is 0 Å². The normalized spacial score (nSPS) is 13.0. The second-order valence-electron chi connectivity index (χ2n) is 4.23. The van der Waals surface area contributed by atoms with Crippen LogP contribution < -0.4 is 22.5 Å². The highest BCUT2D eigenvalue weighted by Crippen LogP contribution is 2.31. The van der Waals surface area contributed by atoms with Crippen molar-refractivity contribution in [1.82, 2.24) is 9.97 Å². The summed E-state index contributed by atoms with van der Waals surface area (Å²) in [5.41, 5.74) is 17.0. The first-order chi connectivity index (χ1) is 12.4. The summed E-state index contributed by atoms with van der Waals surface area (Å²) >= 11 is 0. The molecule has 1 aliphatic heterocycles. The SMILES string of the molecule is C=CC.C=CC(=C)C1Cc2c(N)nc(N)nc2NC1=O.CC.CC.CN. The van der Waals surface area contributed by atoms with Gasteiger partial charge in [-0.15, -0.1) is 6.58 Å². The maximum absolute atomic E-state index is 11.8. The Morgan fingerprint density at radius 3 is 2.04 bits per heavy atom. The quantitative estimate of drug-likeness (QED) is 0.470. The van der Waals surface area contributed by atoms with Crippen LogP contribution in [0.25, 0.3) is 0 Å². The lowest BCUT2D eigenvalue weighted by atomic mass is 9.89. The first-order valence-electron chi connectivity index (χ1n) is 8.63. The predicted molar refractivity (Wildman–Crippen MR) is 115 cm³/mol. The fraction of sp³-hybridized carbons (Fsp3) is 0.421. The van der Waals surface area contributed by atoms with Gasteiger partial charge in [-0.3, -0.25) is 4.79 Å². The molecule has 0 spiro atoms. The molecule has 0 aromatic carbocycles. The summed E-state index contributed by atoms with van der Waals surface area (Å²) in [5, 5.41) is 2.65. The summed E-state index contributed by atoms with van der Waals surface area (Å²) in [5.74, 6) is 0.152. The number of rotatable bonds is 2. The van der Waals surface area contributed by atoms with Gasteiger partial charge >= 0.3 is 0 Å².